The minimum absolute atomic E-state index is 0.462. The first-order chi connectivity index (χ1) is 15.3. The topological polar surface area (TPSA) is 61.8 Å². The third-order valence-corrected chi connectivity index (χ3v) is 5.43. The van der Waals surface area contributed by atoms with Gasteiger partial charge in [-0.3, -0.25) is 14.9 Å². The zero-order chi connectivity index (χ0) is 21.7. The number of likely N-dealkylation sites (tertiary alicyclic amines) is 1. The molecule has 1 fully saturated rings. The third kappa shape index (κ3) is 8.21. The van der Waals surface area contributed by atoms with Crippen LogP contribution in [0.1, 0.15) is 44.4 Å². The first kappa shape index (κ1) is 23.1. The maximum Gasteiger partial charge on any atom is 0.191 e. The van der Waals surface area contributed by atoms with Crippen LogP contribution in [0, 0.1) is 0 Å². The first-order valence-corrected chi connectivity index (χ1v) is 11.7. The molecule has 1 saturated heterocycles. The van der Waals surface area contributed by atoms with Gasteiger partial charge in [-0.2, -0.15) is 0 Å². The first-order valence-electron chi connectivity index (χ1n) is 11.7. The Hall–Kier alpha value is -2.60. The van der Waals surface area contributed by atoms with E-state index in [1.807, 2.05) is 18.3 Å². The van der Waals surface area contributed by atoms with Gasteiger partial charge in [0, 0.05) is 45.0 Å². The fourth-order valence-corrected chi connectivity index (χ4v) is 3.78. The van der Waals surface area contributed by atoms with Crippen molar-refractivity contribution >= 4 is 5.96 Å². The van der Waals surface area contributed by atoms with Crippen LogP contribution in [0.5, 0.6) is 5.75 Å². The molecule has 0 radical (unpaired) electrons. The van der Waals surface area contributed by atoms with E-state index in [1.165, 1.54) is 5.56 Å². The fourth-order valence-electron chi connectivity index (χ4n) is 3.78. The van der Waals surface area contributed by atoms with Crippen LogP contribution in [0.2, 0.25) is 0 Å². The number of hydrogen-bond acceptors (Lipinski definition) is 4. The van der Waals surface area contributed by atoms with Gasteiger partial charge in [-0.05, 0) is 62.4 Å². The number of aromatic nitrogens is 1. The van der Waals surface area contributed by atoms with E-state index in [0.29, 0.717) is 6.04 Å². The van der Waals surface area contributed by atoms with Gasteiger partial charge in [0.2, 0.25) is 0 Å². The highest BCUT2D eigenvalue weighted by Crippen LogP contribution is 2.15. The number of piperidine rings is 1. The van der Waals surface area contributed by atoms with Crippen LogP contribution in [0.25, 0.3) is 0 Å². The average Bonchev–Trinajstić information content (AvgIpc) is 2.80. The maximum atomic E-state index is 5.74. The van der Waals surface area contributed by atoms with E-state index in [0.717, 1.165) is 82.4 Å². The monoisotopic (exact) mass is 423 g/mol. The smallest absolute Gasteiger partial charge is 0.191 e. The summed E-state index contributed by atoms with van der Waals surface area (Å²) in [5.74, 6) is 1.87. The van der Waals surface area contributed by atoms with Crippen molar-refractivity contribution in [3.8, 4) is 5.75 Å². The lowest BCUT2D eigenvalue weighted by molar-refractivity contribution is 0.196. The zero-order valence-electron chi connectivity index (χ0n) is 19.0. The number of guanidine groups is 1. The molecule has 3 rings (SSSR count). The van der Waals surface area contributed by atoms with Gasteiger partial charge >= 0.3 is 0 Å². The number of benzene rings is 1. The molecule has 0 amide bonds. The molecule has 1 aliphatic rings. The molecular formula is C25H37N5O. The number of hydrogen-bond donors (Lipinski definition) is 2. The molecule has 2 aromatic rings. The van der Waals surface area contributed by atoms with Crippen molar-refractivity contribution in [3.63, 3.8) is 0 Å². The highest BCUT2D eigenvalue weighted by molar-refractivity contribution is 5.80. The van der Waals surface area contributed by atoms with E-state index in [4.69, 9.17) is 9.73 Å². The Bertz CT molecular complexity index is 788. The molecule has 0 unspecified atom stereocenters. The van der Waals surface area contributed by atoms with Gasteiger partial charge < -0.3 is 15.4 Å². The molecule has 168 valence electrons. The molecule has 2 N–H and O–H groups in total. The number of pyridine rings is 1. The van der Waals surface area contributed by atoms with Gasteiger partial charge in [0.1, 0.15) is 5.75 Å². The van der Waals surface area contributed by atoms with Gasteiger partial charge in [-0.15, -0.1) is 0 Å². The molecule has 6 nitrogen and oxygen atoms in total. The largest absolute Gasteiger partial charge is 0.494 e. The summed E-state index contributed by atoms with van der Waals surface area (Å²) in [4.78, 5) is 11.7. The number of aliphatic imine (C=N–C) groups is 1. The number of nitrogens with one attached hydrogen (secondary N) is 2. The van der Waals surface area contributed by atoms with Crippen molar-refractivity contribution in [2.75, 3.05) is 32.8 Å². The van der Waals surface area contributed by atoms with Gasteiger partial charge in [0.05, 0.1) is 12.3 Å². The van der Waals surface area contributed by atoms with Gasteiger partial charge in [-0.1, -0.05) is 25.1 Å². The quantitative estimate of drug-likeness (QED) is 0.451. The molecule has 2 heterocycles. The molecule has 1 aromatic heterocycles. The Labute approximate surface area is 187 Å². The predicted molar refractivity (Wildman–Crippen MR) is 128 cm³/mol. The van der Waals surface area contributed by atoms with Crippen LogP contribution in [-0.2, 0) is 13.0 Å². The summed E-state index contributed by atoms with van der Waals surface area (Å²) in [5, 5.41) is 7.04. The van der Waals surface area contributed by atoms with Crippen molar-refractivity contribution < 1.29 is 4.74 Å². The van der Waals surface area contributed by atoms with Crippen molar-refractivity contribution in [1.29, 1.82) is 0 Å². The zero-order valence-corrected chi connectivity index (χ0v) is 19.0. The molecule has 0 saturated carbocycles. The Morgan fingerprint density at radius 2 is 2.03 bits per heavy atom. The summed E-state index contributed by atoms with van der Waals surface area (Å²) in [6, 6.07) is 15.0. The van der Waals surface area contributed by atoms with Crippen molar-refractivity contribution in [3.05, 3.63) is 59.9 Å². The fraction of sp³-hybridized carbons (Fsp3) is 0.520. The molecule has 31 heavy (non-hydrogen) atoms. The third-order valence-electron chi connectivity index (χ3n) is 5.43. The predicted octanol–water partition coefficient (Wildman–Crippen LogP) is 3.63. The minimum atomic E-state index is 0.462. The summed E-state index contributed by atoms with van der Waals surface area (Å²) < 4.78 is 5.74. The lowest BCUT2D eigenvalue weighted by atomic mass is 10.0. The molecule has 0 bridgehead atoms. The summed E-state index contributed by atoms with van der Waals surface area (Å²) in [5.41, 5.74) is 2.41. The molecule has 6 heteroatoms. The number of ether oxygens (including phenoxy) is 1. The molecule has 1 aromatic carbocycles. The van der Waals surface area contributed by atoms with Crippen LogP contribution in [0.4, 0.5) is 0 Å². The molecule has 0 spiro atoms. The van der Waals surface area contributed by atoms with Gasteiger partial charge in [0.25, 0.3) is 0 Å². The summed E-state index contributed by atoms with van der Waals surface area (Å²) in [6.45, 7) is 9.71. The van der Waals surface area contributed by atoms with E-state index in [9.17, 15) is 0 Å². The second kappa shape index (κ2) is 13.0. The summed E-state index contributed by atoms with van der Waals surface area (Å²) in [7, 11) is 0. The normalized spacial score (nSPS) is 15.6. The van der Waals surface area contributed by atoms with Crippen molar-refractivity contribution in [1.82, 2.24) is 20.5 Å². The summed E-state index contributed by atoms with van der Waals surface area (Å²) >= 11 is 0. The van der Waals surface area contributed by atoms with Crippen LogP contribution >= 0.6 is 0 Å². The second-order valence-electron chi connectivity index (χ2n) is 8.02. The number of nitrogens with zero attached hydrogens (tertiary/aromatic N) is 3. The Morgan fingerprint density at radius 1 is 1.16 bits per heavy atom. The Kier molecular flexibility index (Phi) is 9.64. The second-order valence-corrected chi connectivity index (χ2v) is 8.02. The van der Waals surface area contributed by atoms with Crippen molar-refractivity contribution in [2.24, 2.45) is 4.99 Å². The van der Waals surface area contributed by atoms with E-state index >= 15 is 0 Å². The van der Waals surface area contributed by atoms with Gasteiger partial charge in [-0.25, -0.2) is 0 Å². The molecule has 0 atom stereocenters. The average molecular weight is 424 g/mol. The lowest BCUT2D eigenvalue weighted by Crippen LogP contribution is -2.48. The van der Waals surface area contributed by atoms with E-state index in [2.05, 4.69) is 64.7 Å². The van der Waals surface area contributed by atoms with E-state index < -0.39 is 0 Å². The van der Waals surface area contributed by atoms with Crippen molar-refractivity contribution in [2.45, 2.75) is 52.1 Å². The summed E-state index contributed by atoms with van der Waals surface area (Å²) in [6.07, 6.45) is 6.04. The highest BCUT2D eigenvalue weighted by atomic mass is 16.5. The maximum absolute atomic E-state index is 5.74. The van der Waals surface area contributed by atoms with Crippen LogP contribution in [0.15, 0.2) is 53.7 Å². The Balaban J connectivity index is 1.44. The Morgan fingerprint density at radius 3 is 2.77 bits per heavy atom. The van der Waals surface area contributed by atoms with Crippen LogP contribution in [-0.4, -0.2) is 54.7 Å². The van der Waals surface area contributed by atoms with Gasteiger partial charge in [0.15, 0.2) is 5.96 Å². The molecular weight excluding hydrogens is 386 g/mol. The SMILES string of the molecule is CCCOc1cccc(CCN=C(NCC)NC2CCN(Cc3ccccn3)CC2)c1. The standard InChI is InChI=1S/C25H37N5O/c1-3-18-31-24-10-7-8-21(19-24)11-15-28-25(26-4-2)29-22-12-16-30(17-13-22)20-23-9-5-6-14-27-23/h5-10,14,19,22H,3-4,11-13,15-18,20H2,1-2H3,(H2,26,28,29). The van der Waals surface area contributed by atoms with E-state index in [1.54, 1.807) is 0 Å². The molecule has 1 aliphatic heterocycles. The minimum Gasteiger partial charge on any atom is -0.494 e. The van der Waals surface area contributed by atoms with Crippen LogP contribution in [0.3, 0.4) is 0 Å². The highest BCUT2D eigenvalue weighted by Gasteiger charge is 2.20. The number of rotatable bonds is 10. The molecule has 0 aliphatic carbocycles. The van der Waals surface area contributed by atoms with E-state index in [-0.39, 0.29) is 0 Å². The lowest BCUT2D eigenvalue weighted by Gasteiger charge is -2.32. The van der Waals surface area contributed by atoms with Crippen LogP contribution < -0.4 is 15.4 Å².